The van der Waals surface area contributed by atoms with Gasteiger partial charge in [0.05, 0.1) is 5.38 Å². The molecule has 0 saturated carbocycles. The third-order valence-corrected chi connectivity index (χ3v) is 3.80. The second-order valence-electron chi connectivity index (χ2n) is 3.89. The Balaban J connectivity index is 2.27. The highest BCUT2D eigenvalue weighted by Crippen LogP contribution is 2.32. The zero-order valence-corrected chi connectivity index (χ0v) is 11.7. The van der Waals surface area contributed by atoms with Gasteiger partial charge in [-0.3, -0.25) is 0 Å². The van der Waals surface area contributed by atoms with E-state index in [1.165, 1.54) is 18.2 Å². The van der Waals surface area contributed by atoms with Crippen molar-refractivity contribution in [2.24, 2.45) is 0 Å². The quantitative estimate of drug-likeness (QED) is 0.674. The van der Waals surface area contributed by atoms with Crippen molar-refractivity contribution in [1.82, 2.24) is 0 Å². The molecular weight excluding hydrogens is 322 g/mol. The van der Waals surface area contributed by atoms with Gasteiger partial charge in [-0.1, -0.05) is 40.2 Å². The summed E-state index contributed by atoms with van der Waals surface area (Å²) in [5.41, 5.74) is 0.843. The molecule has 0 bridgehead atoms. The molecule has 2 aromatic rings. The Bertz CT molecular complexity index is 537. The SMILES string of the molecule is Fc1cccc(F)c1CC(Cl)c1ccccc1Br. The fourth-order valence-corrected chi connectivity index (χ4v) is 2.78. The van der Waals surface area contributed by atoms with Gasteiger partial charge in [0.25, 0.3) is 0 Å². The first-order valence-electron chi connectivity index (χ1n) is 5.41. The molecule has 2 rings (SSSR count). The summed E-state index contributed by atoms with van der Waals surface area (Å²) in [5, 5.41) is -0.480. The molecule has 18 heavy (non-hydrogen) atoms. The summed E-state index contributed by atoms with van der Waals surface area (Å²) in [6.45, 7) is 0. The van der Waals surface area contributed by atoms with Crippen LogP contribution >= 0.6 is 27.5 Å². The van der Waals surface area contributed by atoms with Gasteiger partial charge in [0.15, 0.2) is 0 Å². The van der Waals surface area contributed by atoms with Crippen molar-refractivity contribution < 1.29 is 8.78 Å². The van der Waals surface area contributed by atoms with Gasteiger partial charge < -0.3 is 0 Å². The summed E-state index contributed by atoms with van der Waals surface area (Å²) in [6, 6.07) is 11.2. The third kappa shape index (κ3) is 2.90. The molecule has 0 saturated heterocycles. The number of hydrogen-bond donors (Lipinski definition) is 0. The molecule has 1 atom stereocenters. The highest BCUT2D eigenvalue weighted by atomic mass is 79.9. The highest BCUT2D eigenvalue weighted by molar-refractivity contribution is 9.10. The van der Waals surface area contributed by atoms with Gasteiger partial charge in [0.2, 0.25) is 0 Å². The van der Waals surface area contributed by atoms with Crippen LogP contribution in [0.25, 0.3) is 0 Å². The molecule has 0 aromatic heterocycles. The normalized spacial score (nSPS) is 12.4. The molecule has 0 amide bonds. The average Bonchev–Trinajstić information content (AvgIpc) is 2.34. The number of alkyl halides is 1. The summed E-state index contributed by atoms with van der Waals surface area (Å²) >= 11 is 9.60. The minimum Gasteiger partial charge on any atom is -0.207 e. The lowest BCUT2D eigenvalue weighted by molar-refractivity contribution is 0.553. The van der Waals surface area contributed by atoms with Crippen molar-refractivity contribution in [3.63, 3.8) is 0 Å². The molecule has 0 fully saturated rings. The minimum absolute atomic E-state index is 0.0215. The monoisotopic (exact) mass is 330 g/mol. The van der Waals surface area contributed by atoms with Crippen LogP contribution in [0, 0.1) is 11.6 Å². The van der Waals surface area contributed by atoms with Gasteiger partial charge >= 0.3 is 0 Å². The summed E-state index contributed by atoms with van der Waals surface area (Å²) in [5.74, 6) is -1.12. The fraction of sp³-hybridized carbons (Fsp3) is 0.143. The van der Waals surface area contributed by atoms with Gasteiger partial charge in [-0.2, -0.15) is 0 Å². The molecule has 1 unspecified atom stereocenters. The van der Waals surface area contributed by atoms with Crippen molar-refractivity contribution >= 4 is 27.5 Å². The highest BCUT2D eigenvalue weighted by Gasteiger charge is 2.17. The van der Waals surface area contributed by atoms with Crippen LogP contribution < -0.4 is 0 Å². The van der Waals surface area contributed by atoms with Crippen LogP contribution in [0.4, 0.5) is 8.78 Å². The van der Waals surface area contributed by atoms with E-state index in [2.05, 4.69) is 15.9 Å². The second-order valence-corrected chi connectivity index (χ2v) is 5.27. The zero-order chi connectivity index (χ0) is 13.1. The summed E-state index contributed by atoms with van der Waals surface area (Å²) < 4.78 is 27.9. The molecule has 94 valence electrons. The smallest absolute Gasteiger partial charge is 0.129 e. The maximum Gasteiger partial charge on any atom is 0.129 e. The number of halogens is 4. The molecule has 0 nitrogen and oxygen atoms in total. The van der Waals surface area contributed by atoms with Crippen molar-refractivity contribution in [2.45, 2.75) is 11.8 Å². The van der Waals surface area contributed by atoms with Crippen LogP contribution in [0.1, 0.15) is 16.5 Å². The van der Waals surface area contributed by atoms with E-state index in [1.54, 1.807) is 0 Å². The van der Waals surface area contributed by atoms with Crippen molar-refractivity contribution in [3.8, 4) is 0 Å². The largest absolute Gasteiger partial charge is 0.207 e. The van der Waals surface area contributed by atoms with Crippen LogP contribution in [-0.2, 0) is 6.42 Å². The van der Waals surface area contributed by atoms with Crippen molar-refractivity contribution in [2.75, 3.05) is 0 Å². The Labute approximate surface area is 118 Å². The van der Waals surface area contributed by atoms with E-state index in [0.717, 1.165) is 10.0 Å². The Morgan fingerprint density at radius 2 is 1.61 bits per heavy atom. The molecule has 2 aromatic carbocycles. The summed E-state index contributed by atoms with van der Waals surface area (Å²) in [7, 11) is 0. The van der Waals surface area contributed by atoms with Gasteiger partial charge in [-0.15, -0.1) is 11.6 Å². The maximum atomic E-state index is 13.5. The fourth-order valence-electron chi connectivity index (χ4n) is 1.75. The summed E-state index contributed by atoms with van der Waals surface area (Å²) in [6.07, 6.45) is 0.114. The lowest BCUT2D eigenvalue weighted by atomic mass is 10.0. The van der Waals surface area contributed by atoms with Crippen LogP contribution in [-0.4, -0.2) is 0 Å². The number of benzene rings is 2. The topological polar surface area (TPSA) is 0 Å². The molecule has 0 aliphatic rings. The van der Waals surface area contributed by atoms with E-state index in [-0.39, 0.29) is 12.0 Å². The predicted octanol–water partition coefficient (Wildman–Crippen LogP) is 5.25. The van der Waals surface area contributed by atoms with E-state index >= 15 is 0 Å². The standard InChI is InChI=1S/C14H10BrClF2/c15-11-5-2-1-4-9(11)12(16)8-10-13(17)6-3-7-14(10)18/h1-7,12H,8H2. The Morgan fingerprint density at radius 3 is 2.22 bits per heavy atom. The Hall–Kier alpha value is -0.930. The van der Waals surface area contributed by atoms with E-state index in [1.807, 2.05) is 24.3 Å². The molecule has 0 N–H and O–H groups in total. The van der Waals surface area contributed by atoms with E-state index in [9.17, 15) is 8.78 Å². The lowest BCUT2D eigenvalue weighted by Gasteiger charge is -2.13. The second kappa shape index (κ2) is 5.81. The van der Waals surface area contributed by atoms with Gasteiger partial charge in [0, 0.05) is 10.0 Å². The molecule has 0 spiro atoms. The lowest BCUT2D eigenvalue weighted by Crippen LogP contribution is -2.02. The number of hydrogen-bond acceptors (Lipinski definition) is 0. The van der Waals surface area contributed by atoms with Crippen LogP contribution in [0.2, 0.25) is 0 Å². The van der Waals surface area contributed by atoms with Crippen molar-refractivity contribution in [1.29, 1.82) is 0 Å². The first-order valence-corrected chi connectivity index (χ1v) is 6.64. The first-order chi connectivity index (χ1) is 8.59. The van der Waals surface area contributed by atoms with Gasteiger partial charge in [-0.05, 0) is 30.2 Å². The van der Waals surface area contributed by atoms with E-state index in [4.69, 9.17) is 11.6 Å². The predicted molar refractivity (Wildman–Crippen MR) is 72.8 cm³/mol. The molecule has 0 aliphatic heterocycles. The Morgan fingerprint density at radius 1 is 1.00 bits per heavy atom. The minimum atomic E-state index is -0.562. The average molecular weight is 332 g/mol. The van der Waals surface area contributed by atoms with E-state index in [0.29, 0.717) is 0 Å². The molecule has 4 heteroatoms. The summed E-state index contributed by atoms with van der Waals surface area (Å²) in [4.78, 5) is 0. The molecule has 0 heterocycles. The Kier molecular flexibility index (Phi) is 4.36. The van der Waals surface area contributed by atoms with Gasteiger partial charge in [-0.25, -0.2) is 8.78 Å². The number of rotatable bonds is 3. The zero-order valence-electron chi connectivity index (χ0n) is 9.34. The van der Waals surface area contributed by atoms with Crippen molar-refractivity contribution in [3.05, 3.63) is 69.7 Å². The van der Waals surface area contributed by atoms with Crippen LogP contribution in [0.5, 0.6) is 0 Å². The molecule has 0 radical (unpaired) electrons. The van der Waals surface area contributed by atoms with Crippen LogP contribution in [0.15, 0.2) is 46.9 Å². The van der Waals surface area contributed by atoms with Gasteiger partial charge in [0.1, 0.15) is 11.6 Å². The van der Waals surface area contributed by atoms with Crippen LogP contribution in [0.3, 0.4) is 0 Å². The molecular formula is C14H10BrClF2. The maximum absolute atomic E-state index is 13.5. The first kappa shape index (κ1) is 13.5. The molecule has 0 aliphatic carbocycles. The van der Waals surface area contributed by atoms with E-state index < -0.39 is 17.0 Å². The third-order valence-electron chi connectivity index (χ3n) is 2.69.